The highest BCUT2D eigenvalue weighted by atomic mass is 14.6. The summed E-state index contributed by atoms with van der Waals surface area (Å²) in [5.41, 5.74) is 3.33. The molecule has 0 N–H and O–H groups in total. The summed E-state index contributed by atoms with van der Waals surface area (Å²) in [5, 5.41) is 0. The second kappa shape index (κ2) is 3.23. The molecule has 0 radical (unpaired) electrons. The van der Waals surface area contributed by atoms with E-state index in [0.717, 1.165) is 17.8 Å². The third kappa shape index (κ3) is 1.20. The Morgan fingerprint density at radius 3 is 2.00 bits per heavy atom. The van der Waals surface area contributed by atoms with Gasteiger partial charge in [-0.3, -0.25) is 0 Å². The molecule has 0 aliphatic heterocycles. The molecular formula is C15H24. The predicted molar refractivity (Wildman–Crippen MR) is 66.6 cm³/mol. The Balaban J connectivity index is 2.42. The molecule has 0 amide bonds. The van der Waals surface area contributed by atoms with E-state index >= 15 is 0 Å². The van der Waals surface area contributed by atoms with Crippen LogP contribution in [0.1, 0.15) is 40.5 Å². The van der Waals surface area contributed by atoms with Gasteiger partial charge in [-0.2, -0.15) is 0 Å². The van der Waals surface area contributed by atoms with Gasteiger partial charge in [-0.1, -0.05) is 52.0 Å². The lowest BCUT2D eigenvalue weighted by Gasteiger charge is -2.37. The van der Waals surface area contributed by atoms with Crippen LogP contribution in [0.5, 0.6) is 0 Å². The van der Waals surface area contributed by atoms with Gasteiger partial charge in [-0.15, -0.1) is 0 Å². The molecule has 2 fully saturated rings. The summed E-state index contributed by atoms with van der Waals surface area (Å²) in [6, 6.07) is 0. The maximum Gasteiger partial charge on any atom is 0.000584 e. The zero-order valence-electron chi connectivity index (χ0n) is 10.6. The van der Waals surface area contributed by atoms with Gasteiger partial charge in [0.2, 0.25) is 0 Å². The van der Waals surface area contributed by atoms with Crippen molar-refractivity contribution in [3.8, 4) is 0 Å². The summed E-state index contributed by atoms with van der Waals surface area (Å²) >= 11 is 0. The van der Waals surface area contributed by atoms with E-state index in [9.17, 15) is 0 Å². The highest BCUT2D eigenvalue weighted by Gasteiger charge is 2.55. The fraction of sp³-hybridized carbons (Fsp3) is 0.733. The van der Waals surface area contributed by atoms with Crippen LogP contribution < -0.4 is 0 Å². The van der Waals surface area contributed by atoms with Gasteiger partial charge in [0.05, 0.1) is 0 Å². The minimum absolute atomic E-state index is 0.385. The lowest BCUT2D eigenvalue weighted by atomic mass is 9.67. The Hall–Kier alpha value is -0.520. The molecule has 2 rings (SSSR count). The van der Waals surface area contributed by atoms with Crippen LogP contribution in [0.2, 0.25) is 0 Å². The third-order valence-corrected chi connectivity index (χ3v) is 5.62. The van der Waals surface area contributed by atoms with E-state index in [1.165, 1.54) is 24.0 Å². The number of hydrogen-bond donors (Lipinski definition) is 0. The van der Waals surface area contributed by atoms with E-state index in [4.69, 9.17) is 0 Å². The van der Waals surface area contributed by atoms with Crippen LogP contribution in [0.25, 0.3) is 0 Å². The average molecular weight is 204 g/mol. The second-order valence-electron chi connectivity index (χ2n) is 6.03. The van der Waals surface area contributed by atoms with Crippen molar-refractivity contribution in [2.24, 2.45) is 29.1 Å². The molecule has 15 heavy (non-hydrogen) atoms. The topological polar surface area (TPSA) is 0 Å². The highest BCUT2D eigenvalue weighted by molar-refractivity contribution is 5.30. The Bertz CT molecular complexity index is 312. The summed E-state index contributed by atoms with van der Waals surface area (Å²) in [7, 11) is 0. The molecule has 0 aromatic heterocycles. The molecule has 0 aromatic carbocycles. The Kier molecular flexibility index (Phi) is 2.37. The minimum Gasteiger partial charge on any atom is -0.0995 e. The summed E-state index contributed by atoms with van der Waals surface area (Å²) in [6.07, 6.45) is 2.42. The molecule has 0 heteroatoms. The van der Waals surface area contributed by atoms with Crippen molar-refractivity contribution in [1.29, 1.82) is 0 Å². The number of hydrogen-bond acceptors (Lipinski definition) is 0. The van der Waals surface area contributed by atoms with Gasteiger partial charge in [-0.25, -0.2) is 0 Å². The highest BCUT2D eigenvalue weighted by Crippen LogP contribution is 2.64. The first-order valence-corrected chi connectivity index (χ1v) is 6.27. The van der Waals surface area contributed by atoms with Crippen LogP contribution in [0.3, 0.4) is 0 Å². The molecule has 0 bridgehead atoms. The lowest BCUT2D eigenvalue weighted by molar-refractivity contribution is 0.159. The Morgan fingerprint density at radius 2 is 1.67 bits per heavy atom. The van der Waals surface area contributed by atoms with Gasteiger partial charge < -0.3 is 0 Å². The molecule has 84 valence electrons. The van der Waals surface area contributed by atoms with Crippen LogP contribution in [-0.4, -0.2) is 0 Å². The molecule has 0 aromatic rings. The maximum absolute atomic E-state index is 4.37. The summed E-state index contributed by atoms with van der Waals surface area (Å²) < 4.78 is 0. The quantitative estimate of drug-likeness (QED) is 0.512. The molecular weight excluding hydrogens is 180 g/mol. The zero-order valence-corrected chi connectivity index (χ0v) is 10.6. The standard InChI is InChI=1S/C15H24/c1-9-7-11(3)15(13(9)5)8-10(2)12(4)14(15)6/h9,12-14H,2-3,7-8H2,1,4-6H3/t9?,12-,13?,14?,15-/m0/s1. The third-order valence-electron chi connectivity index (χ3n) is 5.62. The van der Waals surface area contributed by atoms with Gasteiger partial charge >= 0.3 is 0 Å². The summed E-state index contributed by atoms with van der Waals surface area (Å²) in [5.74, 6) is 2.99. The van der Waals surface area contributed by atoms with Gasteiger partial charge in [0.1, 0.15) is 0 Å². The van der Waals surface area contributed by atoms with Gasteiger partial charge in [0.25, 0.3) is 0 Å². The van der Waals surface area contributed by atoms with E-state index in [1.54, 1.807) is 0 Å². The van der Waals surface area contributed by atoms with Crippen LogP contribution in [0.15, 0.2) is 24.3 Å². The molecule has 2 aliphatic rings. The fourth-order valence-electron chi connectivity index (χ4n) is 4.11. The lowest BCUT2D eigenvalue weighted by Crippen LogP contribution is -2.31. The molecule has 1 spiro atoms. The van der Waals surface area contributed by atoms with Crippen molar-refractivity contribution >= 4 is 0 Å². The van der Waals surface area contributed by atoms with Crippen molar-refractivity contribution in [1.82, 2.24) is 0 Å². The summed E-state index contributed by atoms with van der Waals surface area (Å²) in [4.78, 5) is 0. The van der Waals surface area contributed by atoms with Crippen molar-refractivity contribution in [2.75, 3.05) is 0 Å². The van der Waals surface area contributed by atoms with Gasteiger partial charge in [0, 0.05) is 5.41 Å². The van der Waals surface area contributed by atoms with Crippen molar-refractivity contribution in [3.05, 3.63) is 24.3 Å². The van der Waals surface area contributed by atoms with E-state index in [0.29, 0.717) is 11.3 Å². The fourth-order valence-corrected chi connectivity index (χ4v) is 4.11. The average Bonchev–Trinajstić information content (AvgIpc) is 2.53. The Morgan fingerprint density at radius 1 is 1.07 bits per heavy atom. The molecule has 2 aliphatic carbocycles. The van der Waals surface area contributed by atoms with Crippen LogP contribution in [-0.2, 0) is 0 Å². The molecule has 0 heterocycles. The van der Waals surface area contributed by atoms with Crippen molar-refractivity contribution < 1.29 is 0 Å². The van der Waals surface area contributed by atoms with Crippen LogP contribution >= 0.6 is 0 Å². The smallest absolute Gasteiger partial charge is 0.000584 e. The molecule has 0 saturated heterocycles. The maximum atomic E-state index is 4.37. The van der Waals surface area contributed by atoms with Crippen molar-refractivity contribution in [3.63, 3.8) is 0 Å². The monoisotopic (exact) mass is 204 g/mol. The molecule has 0 nitrogen and oxygen atoms in total. The predicted octanol–water partition coefficient (Wildman–Crippen LogP) is 4.44. The second-order valence-corrected chi connectivity index (χ2v) is 6.03. The largest absolute Gasteiger partial charge is 0.0995 e. The van der Waals surface area contributed by atoms with Crippen LogP contribution in [0.4, 0.5) is 0 Å². The van der Waals surface area contributed by atoms with Crippen molar-refractivity contribution in [2.45, 2.75) is 40.5 Å². The van der Waals surface area contributed by atoms with E-state index in [-0.39, 0.29) is 0 Å². The first kappa shape index (κ1) is 11.0. The van der Waals surface area contributed by atoms with E-state index in [1.807, 2.05) is 0 Å². The zero-order chi connectivity index (χ0) is 11.4. The molecule has 3 unspecified atom stereocenters. The van der Waals surface area contributed by atoms with E-state index < -0.39 is 0 Å². The molecule has 2 saturated carbocycles. The SMILES string of the molecule is C=C1C[C@@]2(C(=C)CC(C)C2C)C(C)[C@H]1C. The Labute approximate surface area is 94.5 Å². The normalized spacial score (nSPS) is 50.7. The number of allylic oxidation sites excluding steroid dienone is 2. The first-order chi connectivity index (χ1) is 6.91. The van der Waals surface area contributed by atoms with E-state index in [2.05, 4.69) is 40.9 Å². The van der Waals surface area contributed by atoms with Crippen LogP contribution in [0, 0.1) is 29.1 Å². The summed E-state index contributed by atoms with van der Waals surface area (Å²) in [6.45, 7) is 18.2. The van der Waals surface area contributed by atoms with Gasteiger partial charge in [0.15, 0.2) is 0 Å². The minimum atomic E-state index is 0.385. The first-order valence-electron chi connectivity index (χ1n) is 6.27. The van der Waals surface area contributed by atoms with Gasteiger partial charge in [-0.05, 0) is 36.5 Å². The molecule has 5 atom stereocenters. The number of rotatable bonds is 0.